The standard InChI is InChI=1S/C18H24N2O4/c21-17(20-15-12-18(15)5-8-22-9-6-18)19-7-4-13-2-1-3-14-16(13)24-11-10-23-14/h1-3,15H,4-12H2,(H2,19,20,21). The summed E-state index contributed by atoms with van der Waals surface area (Å²) in [5.41, 5.74) is 1.37. The van der Waals surface area contributed by atoms with E-state index in [9.17, 15) is 4.79 Å². The van der Waals surface area contributed by atoms with Crippen molar-refractivity contribution in [1.29, 1.82) is 0 Å². The summed E-state index contributed by atoms with van der Waals surface area (Å²) in [7, 11) is 0. The highest BCUT2D eigenvalue weighted by Gasteiger charge is 2.54. The van der Waals surface area contributed by atoms with Crippen LogP contribution < -0.4 is 20.1 Å². The normalized spacial score (nSPS) is 23.6. The van der Waals surface area contributed by atoms with E-state index in [1.54, 1.807) is 0 Å². The number of ether oxygens (including phenoxy) is 3. The van der Waals surface area contributed by atoms with Crippen LogP contribution >= 0.6 is 0 Å². The number of hydrogen-bond acceptors (Lipinski definition) is 4. The highest BCUT2D eigenvalue weighted by Crippen LogP contribution is 2.53. The van der Waals surface area contributed by atoms with Crippen molar-refractivity contribution < 1.29 is 19.0 Å². The van der Waals surface area contributed by atoms with Crippen LogP contribution in [0.1, 0.15) is 24.8 Å². The van der Waals surface area contributed by atoms with Crippen molar-refractivity contribution in [2.45, 2.75) is 31.7 Å². The lowest BCUT2D eigenvalue weighted by molar-refractivity contribution is 0.0547. The van der Waals surface area contributed by atoms with Gasteiger partial charge in [0.1, 0.15) is 13.2 Å². The second-order valence-corrected chi connectivity index (χ2v) is 6.82. The molecule has 1 atom stereocenters. The third kappa shape index (κ3) is 3.15. The second kappa shape index (κ2) is 6.51. The molecule has 6 nitrogen and oxygen atoms in total. The molecule has 1 aliphatic carbocycles. The number of benzene rings is 1. The number of rotatable bonds is 4. The van der Waals surface area contributed by atoms with Crippen molar-refractivity contribution in [3.05, 3.63) is 23.8 Å². The first-order valence-electron chi connectivity index (χ1n) is 8.76. The van der Waals surface area contributed by atoms with Crippen molar-refractivity contribution in [1.82, 2.24) is 10.6 Å². The highest BCUT2D eigenvalue weighted by molar-refractivity contribution is 5.74. The predicted octanol–water partition coefficient (Wildman–Crippen LogP) is 1.87. The van der Waals surface area contributed by atoms with Crippen LogP contribution in [0.2, 0.25) is 0 Å². The summed E-state index contributed by atoms with van der Waals surface area (Å²) in [6.45, 7) is 3.38. The van der Waals surface area contributed by atoms with Gasteiger partial charge in [-0.2, -0.15) is 0 Å². The van der Waals surface area contributed by atoms with Gasteiger partial charge in [0.05, 0.1) is 0 Å². The molecule has 0 aromatic heterocycles. The number of amides is 2. The van der Waals surface area contributed by atoms with Crippen molar-refractivity contribution in [2.75, 3.05) is 33.0 Å². The minimum Gasteiger partial charge on any atom is -0.486 e. The minimum atomic E-state index is -0.0784. The fourth-order valence-corrected chi connectivity index (χ4v) is 3.73. The van der Waals surface area contributed by atoms with E-state index in [0.29, 0.717) is 31.2 Å². The minimum absolute atomic E-state index is 0.0784. The van der Waals surface area contributed by atoms with Crippen molar-refractivity contribution in [2.24, 2.45) is 5.41 Å². The molecule has 1 saturated carbocycles. The molecule has 1 aromatic carbocycles. The molecular weight excluding hydrogens is 308 g/mol. The molecule has 1 aromatic rings. The molecule has 2 N–H and O–H groups in total. The number of urea groups is 1. The van der Waals surface area contributed by atoms with Gasteiger partial charge in [-0.1, -0.05) is 12.1 Å². The summed E-state index contributed by atoms with van der Waals surface area (Å²) < 4.78 is 16.7. The highest BCUT2D eigenvalue weighted by atomic mass is 16.6. The molecule has 2 heterocycles. The molecule has 1 spiro atoms. The van der Waals surface area contributed by atoms with Crippen LogP contribution in [-0.4, -0.2) is 45.0 Å². The Bertz CT molecular complexity index is 613. The fourth-order valence-electron chi connectivity index (χ4n) is 3.73. The van der Waals surface area contributed by atoms with E-state index in [1.165, 1.54) is 0 Å². The third-order valence-corrected chi connectivity index (χ3v) is 5.31. The van der Waals surface area contributed by atoms with E-state index in [4.69, 9.17) is 14.2 Å². The van der Waals surface area contributed by atoms with Crippen LogP contribution in [0.3, 0.4) is 0 Å². The molecular formula is C18H24N2O4. The zero-order valence-electron chi connectivity index (χ0n) is 13.8. The molecule has 2 aliphatic heterocycles. The molecule has 0 bridgehead atoms. The Hall–Kier alpha value is -1.95. The summed E-state index contributed by atoms with van der Waals surface area (Å²) in [6.07, 6.45) is 3.93. The van der Waals surface area contributed by atoms with Gasteiger partial charge in [0.2, 0.25) is 0 Å². The first-order chi connectivity index (χ1) is 11.8. The topological polar surface area (TPSA) is 68.8 Å². The molecule has 2 amide bonds. The summed E-state index contributed by atoms with van der Waals surface area (Å²) in [6, 6.07) is 6.12. The van der Waals surface area contributed by atoms with Gasteiger partial charge in [-0.25, -0.2) is 4.79 Å². The Morgan fingerprint density at radius 1 is 1.17 bits per heavy atom. The lowest BCUT2D eigenvalue weighted by atomic mass is 9.96. The van der Waals surface area contributed by atoms with Crippen LogP contribution in [0.5, 0.6) is 11.5 Å². The summed E-state index contributed by atoms with van der Waals surface area (Å²) in [5.74, 6) is 1.61. The SMILES string of the molecule is O=C(NCCc1cccc2c1OCCO2)NC1CC12CCOCC2. The number of carbonyl (C=O) groups excluding carboxylic acids is 1. The molecule has 6 heteroatoms. The fraction of sp³-hybridized carbons (Fsp3) is 0.611. The smallest absolute Gasteiger partial charge is 0.315 e. The molecule has 1 unspecified atom stereocenters. The first-order valence-corrected chi connectivity index (χ1v) is 8.76. The Morgan fingerprint density at radius 2 is 2.00 bits per heavy atom. The van der Waals surface area contributed by atoms with Crippen LogP contribution in [0.25, 0.3) is 0 Å². The Morgan fingerprint density at radius 3 is 2.88 bits per heavy atom. The van der Waals surface area contributed by atoms with Crippen LogP contribution in [-0.2, 0) is 11.2 Å². The van der Waals surface area contributed by atoms with E-state index in [0.717, 1.165) is 56.0 Å². The third-order valence-electron chi connectivity index (χ3n) is 5.31. The Labute approximate surface area is 141 Å². The Kier molecular flexibility index (Phi) is 4.22. The quantitative estimate of drug-likeness (QED) is 0.883. The van der Waals surface area contributed by atoms with Crippen LogP contribution in [0, 0.1) is 5.41 Å². The first kappa shape index (κ1) is 15.6. The number of hydrogen-bond donors (Lipinski definition) is 2. The average Bonchev–Trinajstić information content (AvgIpc) is 3.26. The zero-order chi connectivity index (χ0) is 16.4. The maximum absolute atomic E-state index is 12.1. The maximum Gasteiger partial charge on any atom is 0.315 e. The van der Waals surface area contributed by atoms with Crippen molar-refractivity contribution >= 4 is 6.03 Å². The molecule has 0 radical (unpaired) electrons. The zero-order valence-corrected chi connectivity index (χ0v) is 13.8. The van der Waals surface area contributed by atoms with Gasteiger partial charge >= 0.3 is 6.03 Å². The van der Waals surface area contributed by atoms with Gasteiger partial charge in [0.15, 0.2) is 11.5 Å². The Balaban J connectivity index is 1.24. The molecule has 4 rings (SSSR count). The van der Waals surface area contributed by atoms with Crippen LogP contribution in [0.15, 0.2) is 18.2 Å². The van der Waals surface area contributed by atoms with E-state index < -0.39 is 0 Å². The van der Waals surface area contributed by atoms with E-state index >= 15 is 0 Å². The summed E-state index contributed by atoms with van der Waals surface area (Å²) in [5, 5.41) is 6.06. The number of para-hydroxylation sites is 1. The largest absolute Gasteiger partial charge is 0.486 e. The van der Waals surface area contributed by atoms with E-state index in [-0.39, 0.29) is 6.03 Å². The van der Waals surface area contributed by atoms with Gasteiger partial charge in [0, 0.05) is 25.8 Å². The van der Waals surface area contributed by atoms with Gasteiger partial charge in [-0.15, -0.1) is 0 Å². The number of nitrogens with one attached hydrogen (secondary N) is 2. The molecule has 24 heavy (non-hydrogen) atoms. The van der Waals surface area contributed by atoms with Gasteiger partial charge in [-0.3, -0.25) is 0 Å². The van der Waals surface area contributed by atoms with Crippen molar-refractivity contribution in [3.8, 4) is 11.5 Å². The van der Waals surface area contributed by atoms with E-state index in [2.05, 4.69) is 10.6 Å². The number of fused-ring (bicyclic) bond motifs is 1. The maximum atomic E-state index is 12.1. The summed E-state index contributed by atoms with van der Waals surface area (Å²) in [4.78, 5) is 12.1. The van der Waals surface area contributed by atoms with Crippen molar-refractivity contribution in [3.63, 3.8) is 0 Å². The van der Waals surface area contributed by atoms with Gasteiger partial charge < -0.3 is 24.8 Å². The molecule has 130 valence electrons. The second-order valence-electron chi connectivity index (χ2n) is 6.82. The van der Waals surface area contributed by atoms with Crippen LogP contribution in [0.4, 0.5) is 4.79 Å². The lowest BCUT2D eigenvalue weighted by Crippen LogP contribution is -2.40. The average molecular weight is 332 g/mol. The molecule has 1 saturated heterocycles. The summed E-state index contributed by atoms with van der Waals surface area (Å²) >= 11 is 0. The van der Waals surface area contributed by atoms with Gasteiger partial charge in [0.25, 0.3) is 0 Å². The van der Waals surface area contributed by atoms with E-state index in [1.807, 2.05) is 18.2 Å². The predicted molar refractivity (Wildman–Crippen MR) is 88.6 cm³/mol. The molecule has 2 fully saturated rings. The number of carbonyl (C=O) groups is 1. The lowest BCUT2D eigenvalue weighted by Gasteiger charge is -2.23. The van der Waals surface area contributed by atoms with Gasteiger partial charge in [-0.05, 0) is 42.7 Å². The monoisotopic (exact) mass is 332 g/mol. The molecule has 3 aliphatic rings.